The summed E-state index contributed by atoms with van der Waals surface area (Å²) in [4.78, 5) is 18.7. The zero-order valence-corrected chi connectivity index (χ0v) is 20.6. The molecule has 0 spiro atoms. The molecular weight excluding hydrogens is 491 g/mol. The van der Waals surface area contributed by atoms with Crippen LogP contribution in [0, 0.1) is 6.92 Å². The topological polar surface area (TPSA) is 49.2 Å². The van der Waals surface area contributed by atoms with Crippen LogP contribution in [0.3, 0.4) is 0 Å². The van der Waals surface area contributed by atoms with Crippen molar-refractivity contribution in [1.82, 2.24) is 9.88 Å². The predicted molar refractivity (Wildman–Crippen MR) is 139 cm³/mol. The van der Waals surface area contributed by atoms with E-state index in [-0.39, 0.29) is 5.91 Å². The maximum absolute atomic E-state index is 13.8. The monoisotopic (exact) mass is 510 g/mol. The number of nitrogens with one attached hydrogen (secondary N) is 1. The Morgan fingerprint density at radius 3 is 2.62 bits per heavy atom. The van der Waals surface area contributed by atoms with Gasteiger partial charge in [0.15, 0.2) is 0 Å². The van der Waals surface area contributed by atoms with E-state index in [2.05, 4.69) is 11.1 Å². The van der Waals surface area contributed by atoms with Crippen LogP contribution in [0.15, 0.2) is 71.3 Å². The van der Waals surface area contributed by atoms with Gasteiger partial charge in [-0.25, -0.2) is 0 Å². The van der Waals surface area contributed by atoms with Crippen molar-refractivity contribution in [3.8, 4) is 0 Å². The first kappa shape index (κ1) is 22.9. The van der Waals surface area contributed by atoms with Gasteiger partial charge in [-0.3, -0.25) is 4.79 Å². The van der Waals surface area contributed by atoms with Gasteiger partial charge < -0.3 is 14.3 Å². The minimum Gasteiger partial charge on any atom is -0.459 e. The number of halogens is 3. The number of rotatable bonds is 6. The van der Waals surface area contributed by atoms with Crippen molar-refractivity contribution in [2.75, 3.05) is 6.54 Å². The second-order valence-electron chi connectivity index (χ2n) is 8.37. The molecule has 0 aliphatic carbocycles. The first-order valence-electron chi connectivity index (χ1n) is 10.9. The van der Waals surface area contributed by atoms with Crippen LogP contribution >= 0.6 is 34.8 Å². The Morgan fingerprint density at radius 2 is 1.79 bits per heavy atom. The minimum atomic E-state index is -0.133. The van der Waals surface area contributed by atoms with Crippen LogP contribution in [-0.2, 0) is 13.0 Å². The number of hydrogen-bond donors (Lipinski definition) is 1. The van der Waals surface area contributed by atoms with Gasteiger partial charge in [-0.2, -0.15) is 0 Å². The van der Waals surface area contributed by atoms with Crippen LogP contribution in [0.1, 0.15) is 27.2 Å². The maximum atomic E-state index is 13.8. The molecule has 0 unspecified atom stereocenters. The molecule has 7 heteroatoms. The Morgan fingerprint density at radius 1 is 0.941 bits per heavy atom. The highest BCUT2D eigenvalue weighted by molar-refractivity contribution is 6.42. The molecule has 0 aliphatic heterocycles. The van der Waals surface area contributed by atoms with Crippen LogP contribution in [0.4, 0.5) is 0 Å². The van der Waals surface area contributed by atoms with Gasteiger partial charge in [-0.1, -0.05) is 52.5 Å². The Labute approximate surface area is 212 Å². The van der Waals surface area contributed by atoms with E-state index in [9.17, 15) is 4.79 Å². The Kier molecular flexibility index (Phi) is 6.30. The second kappa shape index (κ2) is 9.38. The van der Waals surface area contributed by atoms with E-state index >= 15 is 0 Å². The molecule has 0 fully saturated rings. The molecule has 0 atom stereocenters. The molecule has 1 amide bonds. The lowest BCUT2D eigenvalue weighted by atomic mass is 10.1. The summed E-state index contributed by atoms with van der Waals surface area (Å²) in [5, 5.41) is 3.41. The van der Waals surface area contributed by atoms with E-state index in [1.54, 1.807) is 23.2 Å². The zero-order chi connectivity index (χ0) is 23.8. The van der Waals surface area contributed by atoms with Crippen LogP contribution in [0.2, 0.25) is 15.1 Å². The fourth-order valence-corrected chi connectivity index (χ4v) is 4.72. The lowest BCUT2D eigenvalue weighted by molar-refractivity contribution is 0.0736. The molecule has 172 valence electrons. The second-order valence-corrected chi connectivity index (χ2v) is 9.63. The molecule has 5 aromatic rings. The number of aromatic nitrogens is 1. The van der Waals surface area contributed by atoms with Crippen molar-refractivity contribution in [2.24, 2.45) is 0 Å². The van der Waals surface area contributed by atoms with Gasteiger partial charge in [-0.05, 0) is 67.4 Å². The number of fused-ring (bicyclic) bond motifs is 2. The average molecular weight is 512 g/mol. The number of nitrogens with zero attached hydrogens (tertiary/aromatic N) is 1. The lowest BCUT2D eigenvalue weighted by Gasteiger charge is -2.22. The summed E-state index contributed by atoms with van der Waals surface area (Å²) < 4.78 is 6.06. The maximum Gasteiger partial charge on any atom is 0.256 e. The number of aryl methyl sites for hydroxylation is 1. The van der Waals surface area contributed by atoms with E-state index in [1.807, 2.05) is 49.4 Å². The van der Waals surface area contributed by atoms with Crippen LogP contribution in [-0.4, -0.2) is 22.3 Å². The van der Waals surface area contributed by atoms with Crippen molar-refractivity contribution in [3.63, 3.8) is 0 Å². The van der Waals surface area contributed by atoms with Crippen molar-refractivity contribution >= 4 is 62.6 Å². The third kappa shape index (κ3) is 4.67. The highest BCUT2D eigenvalue weighted by Crippen LogP contribution is 2.27. The van der Waals surface area contributed by atoms with Crippen molar-refractivity contribution in [2.45, 2.75) is 19.9 Å². The van der Waals surface area contributed by atoms with Crippen molar-refractivity contribution in [1.29, 1.82) is 0 Å². The first-order chi connectivity index (χ1) is 16.4. The van der Waals surface area contributed by atoms with Gasteiger partial charge in [0.1, 0.15) is 11.3 Å². The first-order valence-corrected chi connectivity index (χ1v) is 12.0. The minimum absolute atomic E-state index is 0.133. The molecule has 4 nitrogen and oxygen atoms in total. The molecule has 0 saturated carbocycles. The largest absolute Gasteiger partial charge is 0.459 e. The summed E-state index contributed by atoms with van der Waals surface area (Å²) in [7, 11) is 0. The van der Waals surface area contributed by atoms with Gasteiger partial charge in [-0.15, -0.1) is 0 Å². The number of H-pyrrole nitrogens is 1. The predicted octanol–water partition coefficient (Wildman–Crippen LogP) is 8.07. The Balaban J connectivity index is 1.48. The zero-order valence-electron chi connectivity index (χ0n) is 18.4. The van der Waals surface area contributed by atoms with Crippen LogP contribution in [0.25, 0.3) is 21.9 Å². The molecule has 2 heterocycles. The molecule has 5 rings (SSSR count). The molecule has 0 bridgehead atoms. The third-order valence-corrected chi connectivity index (χ3v) is 6.82. The van der Waals surface area contributed by atoms with E-state index in [4.69, 9.17) is 39.2 Å². The SMILES string of the molecule is Cc1ccc2oc(CN(CCc3ccc(Cl)c(Cl)c3)C(=O)c3cc(Cl)cc4cc[nH]c34)cc2c1. The highest BCUT2D eigenvalue weighted by atomic mass is 35.5. The number of carbonyl (C=O) groups is 1. The summed E-state index contributed by atoms with van der Waals surface area (Å²) >= 11 is 18.6. The Bertz CT molecular complexity index is 1520. The molecule has 3 aromatic carbocycles. The van der Waals surface area contributed by atoms with Crippen molar-refractivity contribution < 1.29 is 9.21 Å². The normalized spacial score (nSPS) is 11.4. The number of furan rings is 1. The molecular formula is C27H21Cl3N2O2. The number of hydrogen-bond acceptors (Lipinski definition) is 2. The van der Waals surface area contributed by atoms with E-state index in [0.29, 0.717) is 45.9 Å². The van der Waals surface area contributed by atoms with Gasteiger partial charge in [0, 0.05) is 28.5 Å². The Hall–Kier alpha value is -2.92. The van der Waals surface area contributed by atoms with Crippen molar-refractivity contribution in [3.05, 3.63) is 104 Å². The third-order valence-electron chi connectivity index (χ3n) is 5.87. The number of aromatic amines is 1. The lowest BCUT2D eigenvalue weighted by Crippen LogP contribution is -2.32. The standard InChI is InChI=1S/C27H21Cl3N2O2/c1-16-2-5-25-19(10-16)13-21(34-25)15-32(9-7-17-3-4-23(29)24(30)11-17)27(33)22-14-20(28)12-18-6-8-31-26(18)22/h2-6,8,10-14,31H,7,9,15H2,1H3. The van der Waals surface area contributed by atoms with Gasteiger partial charge in [0.2, 0.25) is 0 Å². The van der Waals surface area contributed by atoms with E-state index in [0.717, 1.165) is 33.0 Å². The van der Waals surface area contributed by atoms with Crippen LogP contribution in [0.5, 0.6) is 0 Å². The molecule has 2 aromatic heterocycles. The van der Waals surface area contributed by atoms with Crippen LogP contribution < -0.4 is 0 Å². The molecule has 1 N–H and O–H groups in total. The summed E-state index contributed by atoms with van der Waals surface area (Å²) in [6.45, 7) is 2.82. The summed E-state index contributed by atoms with van der Waals surface area (Å²) in [5.74, 6) is 0.583. The van der Waals surface area contributed by atoms with E-state index in [1.165, 1.54) is 0 Å². The molecule has 0 aliphatic rings. The fourth-order valence-electron chi connectivity index (χ4n) is 4.17. The summed E-state index contributed by atoms with van der Waals surface area (Å²) in [6.07, 6.45) is 2.41. The molecule has 0 saturated heterocycles. The van der Waals surface area contributed by atoms with E-state index < -0.39 is 0 Å². The number of carbonyl (C=O) groups excluding carboxylic acids is 1. The smallest absolute Gasteiger partial charge is 0.256 e. The average Bonchev–Trinajstić information content (AvgIpc) is 3.43. The summed E-state index contributed by atoms with van der Waals surface area (Å²) in [6, 6.07) is 19.0. The van der Waals surface area contributed by atoms with Gasteiger partial charge in [0.25, 0.3) is 5.91 Å². The highest BCUT2D eigenvalue weighted by Gasteiger charge is 2.21. The molecule has 34 heavy (non-hydrogen) atoms. The fraction of sp³-hybridized carbons (Fsp3) is 0.148. The van der Waals surface area contributed by atoms with Gasteiger partial charge >= 0.3 is 0 Å². The summed E-state index contributed by atoms with van der Waals surface area (Å²) in [5.41, 5.74) is 4.22. The van der Waals surface area contributed by atoms with Gasteiger partial charge in [0.05, 0.1) is 27.7 Å². The number of benzene rings is 3. The molecule has 0 radical (unpaired) electrons. The quantitative estimate of drug-likeness (QED) is 0.250. The number of amides is 1.